The summed E-state index contributed by atoms with van der Waals surface area (Å²) in [5.74, 6) is -1.16. The zero-order chi connectivity index (χ0) is 15.7. The number of nitrogens with two attached hydrogens (primary N) is 2. The van der Waals surface area contributed by atoms with Crippen LogP contribution < -0.4 is 22.1 Å². The number of ketones is 1. The lowest BCUT2D eigenvalue weighted by Gasteiger charge is -2.18. The van der Waals surface area contributed by atoms with Crippen molar-refractivity contribution in [3.8, 4) is 0 Å². The minimum Gasteiger partial charge on any atom is -0.347 e. The van der Waals surface area contributed by atoms with E-state index in [-0.39, 0.29) is 25.4 Å². The van der Waals surface area contributed by atoms with Crippen molar-refractivity contribution in [3.63, 3.8) is 0 Å². The number of nitrogens with one attached hydrogen (secondary N) is 2. The molecule has 0 saturated heterocycles. The van der Waals surface area contributed by atoms with E-state index in [1.165, 1.54) is 0 Å². The number of amides is 2. The maximum absolute atomic E-state index is 12.1. The summed E-state index contributed by atoms with van der Waals surface area (Å²) in [6.07, 6.45) is 0.315. The van der Waals surface area contributed by atoms with Crippen LogP contribution >= 0.6 is 0 Å². The van der Waals surface area contributed by atoms with Gasteiger partial charge in [0.15, 0.2) is 5.78 Å². The van der Waals surface area contributed by atoms with Gasteiger partial charge in [0.05, 0.1) is 19.6 Å². The van der Waals surface area contributed by atoms with Gasteiger partial charge in [-0.05, 0) is 5.56 Å². The fourth-order valence-electron chi connectivity index (χ4n) is 1.69. The highest BCUT2D eigenvalue weighted by atomic mass is 16.2. The number of rotatable bonds is 8. The first-order chi connectivity index (χ1) is 10.1. The number of carbonyl (C=O) groups excluding carboxylic acids is 3. The average Bonchev–Trinajstić information content (AvgIpc) is 2.52. The summed E-state index contributed by atoms with van der Waals surface area (Å²) in [6.45, 7) is -0.502. The van der Waals surface area contributed by atoms with Crippen LogP contribution in [0, 0.1) is 0 Å². The predicted octanol–water partition coefficient (Wildman–Crippen LogP) is -1.68. The number of Topliss-reactive ketones (excluding diaryl/α,β-unsaturated/α-hetero) is 1. The molecule has 0 radical (unpaired) electrons. The van der Waals surface area contributed by atoms with Crippen molar-refractivity contribution in [2.75, 3.05) is 19.6 Å². The van der Waals surface area contributed by atoms with E-state index in [1.54, 1.807) is 0 Å². The highest BCUT2D eigenvalue weighted by Gasteiger charge is 2.20. The average molecular weight is 292 g/mol. The Bertz CT molecular complexity index is 490. The number of benzene rings is 1. The molecule has 114 valence electrons. The molecule has 2 amide bonds. The molecule has 1 atom stereocenters. The molecule has 6 N–H and O–H groups in total. The van der Waals surface area contributed by atoms with E-state index in [9.17, 15) is 14.4 Å². The summed E-state index contributed by atoms with van der Waals surface area (Å²) < 4.78 is 0. The van der Waals surface area contributed by atoms with E-state index in [4.69, 9.17) is 11.5 Å². The minimum absolute atomic E-state index is 0.140. The fourth-order valence-corrected chi connectivity index (χ4v) is 1.69. The van der Waals surface area contributed by atoms with Crippen molar-refractivity contribution in [2.45, 2.75) is 12.5 Å². The number of hydrogen-bond donors (Lipinski definition) is 4. The normalized spacial score (nSPS) is 11.5. The molecule has 0 aliphatic rings. The minimum atomic E-state index is -0.783. The zero-order valence-electron chi connectivity index (χ0n) is 11.7. The monoisotopic (exact) mass is 292 g/mol. The molecular weight excluding hydrogens is 272 g/mol. The topological polar surface area (TPSA) is 127 Å². The lowest BCUT2D eigenvalue weighted by atomic mass is 10.1. The molecule has 0 aliphatic carbocycles. The van der Waals surface area contributed by atoms with Gasteiger partial charge in [-0.2, -0.15) is 0 Å². The summed E-state index contributed by atoms with van der Waals surface area (Å²) in [5, 5.41) is 5.00. The Morgan fingerprint density at radius 3 is 2.29 bits per heavy atom. The summed E-state index contributed by atoms with van der Waals surface area (Å²) in [5.41, 5.74) is 11.3. The van der Waals surface area contributed by atoms with Crippen LogP contribution in [-0.4, -0.2) is 43.3 Å². The maximum Gasteiger partial charge on any atom is 0.243 e. The Hall–Kier alpha value is -2.25. The molecule has 0 heterocycles. The molecule has 7 heteroatoms. The van der Waals surface area contributed by atoms with Crippen molar-refractivity contribution >= 4 is 17.6 Å². The highest BCUT2D eigenvalue weighted by molar-refractivity contribution is 5.91. The third-order valence-corrected chi connectivity index (χ3v) is 2.81. The van der Waals surface area contributed by atoms with Crippen LogP contribution in [0.1, 0.15) is 5.56 Å². The smallest absolute Gasteiger partial charge is 0.243 e. The van der Waals surface area contributed by atoms with Gasteiger partial charge < -0.3 is 22.1 Å². The van der Waals surface area contributed by atoms with Gasteiger partial charge in [-0.15, -0.1) is 0 Å². The Morgan fingerprint density at radius 2 is 1.71 bits per heavy atom. The van der Waals surface area contributed by atoms with Crippen LogP contribution in [0.2, 0.25) is 0 Å². The van der Waals surface area contributed by atoms with Crippen LogP contribution in [0.4, 0.5) is 0 Å². The molecule has 0 unspecified atom stereocenters. The molecule has 21 heavy (non-hydrogen) atoms. The van der Waals surface area contributed by atoms with E-state index in [2.05, 4.69) is 10.6 Å². The van der Waals surface area contributed by atoms with Crippen molar-refractivity contribution in [1.29, 1.82) is 0 Å². The molecule has 0 saturated carbocycles. The Labute approximate surface area is 123 Å². The molecule has 1 aromatic rings. The molecule has 1 rings (SSSR count). The lowest BCUT2D eigenvalue weighted by molar-refractivity contribution is -0.129. The molecular formula is C14H20N4O3. The first kappa shape index (κ1) is 16.8. The number of hydrogen-bond acceptors (Lipinski definition) is 5. The molecule has 1 aromatic carbocycles. The molecule has 0 aliphatic heterocycles. The van der Waals surface area contributed by atoms with Crippen molar-refractivity contribution in [1.82, 2.24) is 10.6 Å². The van der Waals surface area contributed by atoms with E-state index in [1.807, 2.05) is 30.3 Å². The quantitative estimate of drug-likeness (QED) is 0.455. The van der Waals surface area contributed by atoms with Gasteiger partial charge in [-0.1, -0.05) is 30.3 Å². The Kier molecular flexibility index (Phi) is 7.06. The molecule has 7 nitrogen and oxygen atoms in total. The molecule has 0 aromatic heterocycles. The molecule has 0 bridgehead atoms. The third kappa shape index (κ3) is 6.15. The van der Waals surface area contributed by atoms with Crippen molar-refractivity contribution in [2.24, 2.45) is 11.5 Å². The van der Waals surface area contributed by atoms with Gasteiger partial charge in [-0.3, -0.25) is 14.4 Å². The van der Waals surface area contributed by atoms with Crippen LogP contribution in [0.5, 0.6) is 0 Å². The predicted molar refractivity (Wildman–Crippen MR) is 78.2 cm³/mol. The van der Waals surface area contributed by atoms with Gasteiger partial charge in [0.25, 0.3) is 0 Å². The van der Waals surface area contributed by atoms with Gasteiger partial charge in [0.1, 0.15) is 6.04 Å². The van der Waals surface area contributed by atoms with E-state index in [0.717, 1.165) is 5.56 Å². The lowest BCUT2D eigenvalue weighted by Crippen LogP contribution is -2.50. The van der Waals surface area contributed by atoms with Crippen molar-refractivity contribution in [3.05, 3.63) is 35.9 Å². The summed E-state index contributed by atoms with van der Waals surface area (Å²) in [6, 6.07) is 8.45. The largest absolute Gasteiger partial charge is 0.347 e. The van der Waals surface area contributed by atoms with Crippen LogP contribution in [0.3, 0.4) is 0 Å². The van der Waals surface area contributed by atoms with Gasteiger partial charge in [0.2, 0.25) is 11.8 Å². The Morgan fingerprint density at radius 1 is 1.05 bits per heavy atom. The summed E-state index contributed by atoms with van der Waals surface area (Å²) >= 11 is 0. The first-order valence-electron chi connectivity index (χ1n) is 6.59. The second-order valence-electron chi connectivity index (χ2n) is 4.47. The third-order valence-electron chi connectivity index (χ3n) is 2.81. The Balaban J connectivity index is 2.69. The molecule has 0 fully saturated rings. The highest BCUT2D eigenvalue weighted by Crippen LogP contribution is 2.03. The zero-order valence-corrected chi connectivity index (χ0v) is 11.7. The van der Waals surface area contributed by atoms with Gasteiger partial charge in [-0.25, -0.2) is 0 Å². The van der Waals surface area contributed by atoms with E-state index in [0.29, 0.717) is 6.42 Å². The second kappa shape index (κ2) is 8.83. The fraction of sp³-hybridized carbons (Fsp3) is 0.357. The second-order valence-corrected chi connectivity index (χ2v) is 4.47. The number of carbonyl (C=O) groups is 3. The summed E-state index contributed by atoms with van der Waals surface area (Å²) in [7, 11) is 0. The van der Waals surface area contributed by atoms with Crippen LogP contribution in [0.25, 0.3) is 0 Å². The van der Waals surface area contributed by atoms with E-state index < -0.39 is 17.9 Å². The van der Waals surface area contributed by atoms with Crippen LogP contribution in [0.15, 0.2) is 30.3 Å². The van der Waals surface area contributed by atoms with Crippen LogP contribution in [-0.2, 0) is 20.8 Å². The first-order valence-corrected chi connectivity index (χ1v) is 6.59. The van der Waals surface area contributed by atoms with Gasteiger partial charge >= 0.3 is 0 Å². The maximum atomic E-state index is 12.1. The SMILES string of the molecule is NCC(=O)CNC(=O)[C@H](Cc1ccccc1)NC(=O)CN. The standard InChI is InChI=1S/C14H20N4O3/c15-7-11(19)9-17-14(21)12(18-13(20)8-16)6-10-4-2-1-3-5-10/h1-5,12H,6-9,15-16H2,(H,17,21)(H,18,20)/t12-/m0/s1. The van der Waals surface area contributed by atoms with Crippen molar-refractivity contribution < 1.29 is 14.4 Å². The molecule has 0 spiro atoms. The van der Waals surface area contributed by atoms with E-state index >= 15 is 0 Å². The van der Waals surface area contributed by atoms with Gasteiger partial charge in [0, 0.05) is 6.42 Å². The summed E-state index contributed by atoms with van der Waals surface area (Å²) in [4.78, 5) is 34.6.